The standard InChI is InChI=1S/C16H21N3OS/c1-19(2)9-4-3-7-18-16(20)13-10-12-6-5-8-17-15(12)14(21)11-13/h5-6,8,10-11,21H,3-4,7,9H2,1-2H3,(H,18,20). The van der Waals surface area contributed by atoms with Gasteiger partial charge in [0.2, 0.25) is 0 Å². The van der Waals surface area contributed by atoms with Gasteiger partial charge in [0.25, 0.3) is 5.91 Å². The van der Waals surface area contributed by atoms with Crippen molar-refractivity contribution in [1.29, 1.82) is 0 Å². The van der Waals surface area contributed by atoms with Crippen LogP contribution in [0.4, 0.5) is 0 Å². The summed E-state index contributed by atoms with van der Waals surface area (Å²) in [7, 11) is 4.10. The van der Waals surface area contributed by atoms with Gasteiger partial charge in [0.15, 0.2) is 0 Å². The van der Waals surface area contributed by atoms with E-state index in [4.69, 9.17) is 0 Å². The molecule has 1 aromatic carbocycles. The lowest BCUT2D eigenvalue weighted by atomic mass is 10.1. The van der Waals surface area contributed by atoms with Crippen molar-refractivity contribution in [2.75, 3.05) is 27.2 Å². The summed E-state index contributed by atoms with van der Waals surface area (Å²) in [6, 6.07) is 7.43. The summed E-state index contributed by atoms with van der Waals surface area (Å²) in [5, 5.41) is 3.89. The lowest BCUT2D eigenvalue weighted by Crippen LogP contribution is -2.25. The van der Waals surface area contributed by atoms with Crippen LogP contribution in [0, 0.1) is 0 Å². The summed E-state index contributed by atoms with van der Waals surface area (Å²) in [6.07, 6.45) is 3.78. The Labute approximate surface area is 131 Å². The molecule has 0 atom stereocenters. The molecule has 0 aliphatic heterocycles. The monoisotopic (exact) mass is 303 g/mol. The van der Waals surface area contributed by atoms with E-state index >= 15 is 0 Å². The van der Waals surface area contributed by atoms with Crippen molar-refractivity contribution in [3.8, 4) is 0 Å². The Morgan fingerprint density at radius 2 is 2.14 bits per heavy atom. The third kappa shape index (κ3) is 4.44. The fourth-order valence-electron chi connectivity index (χ4n) is 2.16. The number of fused-ring (bicyclic) bond motifs is 1. The number of thiol groups is 1. The van der Waals surface area contributed by atoms with Crippen molar-refractivity contribution in [2.24, 2.45) is 0 Å². The SMILES string of the molecule is CN(C)CCCCNC(=O)c1cc(S)c2ncccc2c1. The van der Waals surface area contributed by atoms with Gasteiger partial charge >= 0.3 is 0 Å². The van der Waals surface area contributed by atoms with Crippen molar-refractivity contribution in [2.45, 2.75) is 17.7 Å². The zero-order valence-electron chi connectivity index (χ0n) is 12.5. The quantitative estimate of drug-likeness (QED) is 0.637. The molecule has 2 aromatic rings. The summed E-state index contributed by atoms with van der Waals surface area (Å²) >= 11 is 4.41. The molecule has 0 spiro atoms. The number of nitrogens with zero attached hydrogens (tertiary/aromatic N) is 2. The van der Waals surface area contributed by atoms with Gasteiger partial charge in [0.05, 0.1) is 5.52 Å². The molecule has 1 amide bonds. The van der Waals surface area contributed by atoms with E-state index in [9.17, 15) is 4.79 Å². The molecule has 1 heterocycles. The molecule has 21 heavy (non-hydrogen) atoms. The van der Waals surface area contributed by atoms with E-state index in [1.807, 2.05) is 18.2 Å². The van der Waals surface area contributed by atoms with E-state index in [0.29, 0.717) is 12.1 Å². The van der Waals surface area contributed by atoms with Crippen LogP contribution >= 0.6 is 12.6 Å². The molecule has 0 radical (unpaired) electrons. The second-order valence-electron chi connectivity index (χ2n) is 5.34. The molecule has 0 aliphatic rings. The summed E-state index contributed by atoms with van der Waals surface area (Å²) < 4.78 is 0. The maximum atomic E-state index is 12.2. The molecule has 2 rings (SSSR count). The molecule has 4 nitrogen and oxygen atoms in total. The number of unbranched alkanes of at least 4 members (excludes halogenated alkanes) is 1. The fraction of sp³-hybridized carbons (Fsp3) is 0.375. The minimum absolute atomic E-state index is 0.0547. The van der Waals surface area contributed by atoms with Gasteiger partial charge in [0.1, 0.15) is 0 Å². The van der Waals surface area contributed by atoms with Crippen LogP contribution in [0.2, 0.25) is 0 Å². The van der Waals surface area contributed by atoms with Crippen LogP contribution < -0.4 is 5.32 Å². The predicted molar refractivity (Wildman–Crippen MR) is 89.1 cm³/mol. The molecule has 0 aliphatic carbocycles. The molecule has 0 fully saturated rings. The second kappa shape index (κ2) is 7.43. The maximum absolute atomic E-state index is 12.2. The number of aromatic nitrogens is 1. The van der Waals surface area contributed by atoms with E-state index in [0.717, 1.165) is 35.2 Å². The van der Waals surface area contributed by atoms with Crippen molar-refractivity contribution in [1.82, 2.24) is 15.2 Å². The Hall–Kier alpha value is -1.59. The summed E-state index contributed by atoms with van der Waals surface area (Å²) in [5.74, 6) is -0.0547. The van der Waals surface area contributed by atoms with Gasteiger partial charge in [-0.25, -0.2) is 0 Å². The molecule has 0 bridgehead atoms. The number of carbonyl (C=O) groups excluding carboxylic acids is 1. The number of rotatable bonds is 6. The molecule has 0 unspecified atom stereocenters. The highest BCUT2D eigenvalue weighted by Gasteiger charge is 2.09. The first-order valence-corrected chi connectivity index (χ1v) is 7.53. The molecule has 0 saturated carbocycles. The average molecular weight is 303 g/mol. The van der Waals surface area contributed by atoms with Gasteiger partial charge in [-0.2, -0.15) is 0 Å². The van der Waals surface area contributed by atoms with E-state index < -0.39 is 0 Å². The minimum atomic E-state index is -0.0547. The van der Waals surface area contributed by atoms with Crippen molar-refractivity contribution in [3.63, 3.8) is 0 Å². The summed E-state index contributed by atoms with van der Waals surface area (Å²) in [4.78, 5) is 19.3. The highest BCUT2D eigenvalue weighted by molar-refractivity contribution is 7.80. The summed E-state index contributed by atoms with van der Waals surface area (Å²) in [6.45, 7) is 1.73. The third-order valence-corrected chi connectivity index (χ3v) is 3.61. The predicted octanol–water partition coefficient (Wildman–Crippen LogP) is 2.60. The zero-order valence-corrected chi connectivity index (χ0v) is 13.4. The number of benzene rings is 1. The van der Waals surface area contributed by atoms with Crippen LogP contribution in [-0.4, -0.2) is 43.0 Å². The Morgan fingerprint density at radius 3 is 2.90 bits per heavy atom. The first kappa shape index (κ1) is 15.8. The number of carbonyl (C=O) groups is 1. The maximum Gasteiger partial charge on any atom is 0.251 e. The molecule has 5 heteroatoms. The molecule has 0 saturated heterocycles. The minimum Gasteiger partial charge on any atom is -0.352 e. The topological polar surface area (TPSA) is 45.2 Å². The van der Waals surface area contributed by atoms with Crippen LogP contribution in [0.15, 0.2) is 35.4 Å². The van der Waals surface area contributed by atoms with E-state index in [1.165, 1.54) is 0 Å². The first-order valence-electron chi connectivity index (χ1n) is 7.08. The number of pyridine rings is 1. The van der Waals surface area contributed by atoms with Gasteiger partial charge in [-0.05, 0) is 51.7 Å². The lowest BCUT2D eigenvalue weighted by Gasteiger charge is -2.10. The van der Waals surface area contributed by atoms with Crippen LogP contribution in [0.3, 0.4) is 0 Å². The van der Waals surface area contributed by atoms with Gasteiger partial charge in [0, 0.05) is 28.6 Å². The molecule has 1 N–H and O–H groups in total. The highest BCUT2D eigenvalue weighted by Crippen LogP contribution is 2.21. The Bertz CT molecular complexity index is 628. The van der Waals surface area contributed by atoms with Crippen LogP contribution in [0.1, 0.15) is 23.2 Å². The Balaban J connectivity index is 1.96. The van der Waals surface area contributed by atoms with Gasteiger partial charge in [-0.1, -0.05) is 6.07 Å². The number of amides is 1. The Morgan fingerprint density at radius 1 is 1.33 bits per heavy atom. The van der Waals surface area contributed by atoms with Crippen molar-refractivity contribution < 1.29 is 4.79 Å². The van der Waals surface area contributed by atoms with Gasteiger partial charge < -0.3 is 10.2 Å². The second-order valence-corrected chi connectivity index (χ2v) is 5.82. The molecule has 1 aromatic heterocycles. The largest absolute Gasteiger partial charge is 0.352 e. The van der Waals surface area contributed by atoms with Crippen LogP contribution in [0.5, 0.6) is 0 Å². The van der Waals surface area contributed by atoms with E-state index in [-0.39, 0.29) is 5.91 Å². The normalized spacial score (nSPS) is 11.0. The van der Waals surface area contributed by atoms with Crippen LogP contribution in [0.25, 0.3) is 10.9 Å². The smallest absolute Gasteiger partial charge is 0.251 e. The third-order valence-electron chi connectivity index (χ3n) is 3.26. The number of hydrogen-bond acceptors (Lipinski definition) is 4. The average Bonchev–Trinajstić information content (AvgIpc) is 2.46. The summed E-state index contributed by atoms with van der Waals surface area (Å²) in [5.41, 5.74) is 1.46. The lowest BCUT2D eigenvalue weighted by molar-refractivity contribution is 0.0952. The number of hydrogen-bond donors (Lipinski definition) is 2. The number of nitrogens with one attached hydrogen (secondary N) is 1. The molecular weight excluding hydrogens is 282 g/mol. The molecule has 112 valence electrons. The highest BCUT2D eigenvalue weighted by atomic mass is 32.1. The van der Waals surface area contributed by atoms with Gasteiger partial charge in [-0.3, -0.25) is 9.78 Å². The van der Waals surface area contributed by atoms with E-state index in [2.05, 4.69) is 41.9 Å². The van der Waals surface area contributed by atoms with E-state index in [1.54, 1.807) is 12.3 Å². The first-order chi connectivity index (χ1) is 10.1. The molecular formula is C16H21N3OS. The van der Waals surface area contributed by atoms with Crippen molar-refractivity contribution >= 4 is 29.4 Å². The fourth-order valence-corrected chi connectivity index (χ4v) is 2.49. The zero-order chi connectivity index (χ0) is 15.2. The van der Waals surface area contributed by atoms with Gasteiger partial charge in [-0.15, -0.1) is 12.6 Å². The van der Waals surface area contributed by atoms with Crippen molar-refractivity contribution in [3.05, 3.63) is 36.0 Å². The van der Waals surface area contributed by atoms with Crippen LogP contribution in [-0.2, 0) is 0 Å². The Kier molecular flexibility index (Phi) is 5.59.